The van der Waals surface area contributed by atoms with E-state index in [1.807, 2.05) is 6.92 Å². The fourth-order valence-electron chi connectivity index (χ4n) is 1.80. The maximum Gasteiger partial charge on any atom is 0.257 e. The molecule has 0 aliphatic heterocycles. The number of amides is 2. The van der Waals surface area contributed by atoms with Gasteiger partial charge in [-0.15, -0.1) is 0 Å². The van der Waals surface area contributed by atoms with E-state index in [1.54, 1.807) is 30.3 Å². The molecule has 0 saturated carbocycles. The molecule has 0 unspecified atom stereocenters. The van der Waals surface area contributed by atoms with E-state index in [0.29, 0.717) is 22.1 Å². The molecule has 0 aliphatic rings. The topological polar surface area (TPSA) is 71.1 Å². The minimum absolute atomic E-state index is 0.163. The largest absolute Gasteiger partial charge is 0.326 e. The van der Waals surface area contributed by atoms with Gasteiger partial charge in [0.15, 0.2) is 0 Å². The Morgan fingerprint density at radius 1 is 1.10 bits per heavy atom. The SMILES string of the molecule is CC(=O)Nc1cccc(NC(=O)c2ccc(Cl)nc2)c1C. The third-order valence-corrected chi connectivity index (χ3v) is 3.11. The summed E-state index contributed by atoms with van der Waals surface area (Å²) in [5.74, 6) is -0.453. The van der Waals surface area contributed by atoms with Crippen LogP contribution in [0.25, 0.3) is 0 Å². The molecule has 1 aromatic carbocycles. The van der Waals surface area contributed by atoms with Gasteiger partial charge in [-0.2, -0.15) is 0 Å². The van der Waals surface area contributed by atoms with Crippen molar-refractivity contribution in [2.24, 2.45) is 0 Å². The third kappa shape index (κ3) is 3.79. The molecule has 0 fully saturated rings. The summed E-state index contributed by atoms with van der Waals surface area (Å²) in [5, 5.41) is 5.83. The van der Waals surface area contributed by atoms with Crippen molar-refractivity contribution in [2.45, 2.75) is 13.8 Å². The number of carbonyl (C=O) groups excluding carboxylic acids is 2. The molecule has 1 heterocycles. The number of benzene rings is 1. The Kier molecular flexibility index (Phi) is 4.55. The lowest BCUT2D eigenvalue weighted by Crippen LogP contribution is -2.14. The predicted molar refractivity (Wildman–Crippen MR) is 82.7 cm³/mol. The molecular formula is C15H14ClN3O2. The Labute approximate surface area is 127 Å². The highest BCUT2D eigenvalue weighted by molar-refractivity contribution is 6.29. The van der Waals surface area contributed by atoms with Crippen molar-refractivity contribution in [1.29, 1.82) is 0 Å². The number of anilines is 2. The lowest BCUT2D eigenvalue weighted by molar-refractivity contribution is -0.114. The van der Waals surface area contributed by atoms with Gasteiger partial charge in [-0.1, -0.05) is 17.7 Å². The molecule has 0 radical (unpaired) electrons. The minimum Gasteiger partial charge on any atom is -0.326 e. The van der Waals surface area contributed by atoms with Crippen LogP contribution < -0.4 is 10.6 Å². The molecule has 2 aromatic rings. The van der Waals surface area contributed by atoms with Crippen LogP contribution in [0.5, 0.6) is 0 Å². The summed E-state index contributed by atoms with van der Waals surface area (Å²) >= 11 is 5.69. The van der Waals surface area contributed by atoms with Crippen molar-refractivity contribution in [2.75, 3.05) is 10.6 Å². The summed E-state index contributed by atoms with van der Waals surface area (Å²) in [6, 6.07) is 8.45. The Bertz CT molecular complexity index is 684. The van der Waals surface area contributed by atoms with Gasteiger partial charge in [0, 0.05) is 24.5 Å². The van der Waals surface area contributed by atoms with E-state index in [2.05, 4.69) is 15.6 Å². The van der Waals surface area contributed by atoms with Gasteiger partial charge in [0.05, 0.1) is 5.56 Å². The smallest absolute Gasteiger partial charge is 0.257 e. The number of hydrogen-bond donors (Lipinski definition) is 2. The summed E-state index contributed by atoms with van der Waals surface area (Å²) in [6.07, 6.45) is 1.41. The second-order valence-electron chi connectivity index (χ2n) is 4.48. The number of carbonyl (C=O) groups is 2. The van der Waals surface area contributed by atoms with Gasteiger partial charge < -0.3 is 10.6 Å². The van der Waals surface area contributed by atoms with E-state index in [4.69, 9.17) is 11.6 Å². The third-order valence-electron chi connectivity index (χ3n) is 2.88. The fourth-order valence-corrected chi connectivity index (χ4v) is 1.91. The molecule has 6 heteroatoms. The molecule has 1 aromatic heterocycles. The molecule has 2 rings (SSSR count). The number of pyridine rings is 1. The summed E-state index contributed by atoms with van der Waals surface area (Å²) in [7, 11) is 0. The van der Waals surface area contributed by atoms with Crippen LogP contribution in [0.4, 0.5) is 11.4 Å². The van der Waals surface area contributed by atoms with Crippen LogP contribution in [-0.4, -0.2) is 16.8 Å². The number of nitrogens with one attached hydrogen (secondary N) is 2. The normalized spacial score (nSPS) is 10.0. The zero-order valence-electron chi connectivity index (χ0n) is 11.6. The number of halogens is 1. The van der Waals surface area contributed by atoms with E-state index >= 15 is 0 Å². The maximum atomic E-state index is 12.1. The van der Waals surface area contributed by atoms with Crippen molar-refractivity contribution < 1.29 is 9.59 Å². The van der Waals surface area contributed by atoms with Crippen LogP contribution in [0.1, 0.15) is 22.8 Å². The summed E-state index contributed by atoms with van der Waals surface area (Å²) < 4.78 is 0. The highest BCUT2D eigenvalue weighted by atomic mass is 35.5. The molecule has 2 amide bonds. The van der Waals surface area contributed by atoms with Crippen molar-refractivity contribution in [3.63, 3.8) is 0 Å². The van der Waals surface area contributed by atoms with Crippen LogP contribution in [0.2, 0.25) is 5.15 Å². The fraction of sp³-hybridized carbons (Fsp3) is 0.133. The summed E-state index contributed by atoms with van der Waals surface area (Å²) in [4.78, 5) is 27.1. The van der Waals surface area contributed by atoms with E-state index in [9.17, 15) is 9.59 Å². The van der Waals surface area contributed by atoms with Gasteiger partial charge in [-0.3, -0.25) is 9.59 Å². The first-order valence-electron chi connectivity index (χ1n) is 6.27. The molecular weight excluding hydrogens is 290 g/mol. The Hall–Kier alpha value is -2.40. The maximum absolute atomic E-state index is 12.1. The molecule has 108 valence electrons. The van der Waals surface area contributed by atoms with Crippen molar-refractivity contribution in [3.05, 3.63) is 52.8 Å². The molecule has 2 N–H and O–H groups in total. The lowest BCUT2D eigenvalue weighted by atomic mass is 10.1. The molecule has 0 spiro atoms. The lowest BCUT2D eigenvalue weighted by Gasteiger charge is -2.12. The van der Waals surface area contributed by atoms with Gasteiger partial charge in [0.2, 0.25) is 5.91 Å². The number of rotatable bonds is 3. The van der Waals surface area contributed by atoms with Crippen LogP contribution in [0.3, 0.4) is 0 Å². The monoisotopic (exact) mass is 303 g/mol. The van der Waals surface area contributed by atoms with Gasteiger partial charge in [0.25, 0.3) is 5.91 Å². The average molecular weight is 304 g/mol. The summed E-state index contributed by atoms with van der Waals surface area (Å²) in [6.45, 7) is 3.26. The van der Waals surface area contributed by atoms with Crippen LogP contribution in [0, 0.1) is 6.92 Å². The first kappa shape index (κ1) is 15.0. The quantitative estimate of drug-likeness (QED) is 0.855. The molecule has 0 aliphatic carbocycles. The highest BCUT2D eigenvalue weighted by Gasteiger charge is 2.10. The van der Waals surface area contributed by atoms with Crippen molar-refractivity contribution in [1.82, 2.24) is 4.98 Å². The number of nitrogens with zero attached hydrogens (tertiary/aromatic N) is 1. The highest BCUT2D eigenvalue weighted by Crippen LogP contribution is 2.23. The van der Waals surface area contributed by atoms with Crippen molar-refractivity contribution in [3.8, 4) is 0 Å². The molecule has 0 bridgehead atoms. The van der Waals surface area contributed by atoms with Crippen LogP contribution >= 0.6 is 11.6 Å². The zero-order chi connectivity index (χ0) is 15.4. The average Bonchev–Trinajstić information content (AvgIpc) is 2.43. The molecule has 5 nitrogen and oxygen atoms in total. The van der Waals surface area contributed by atoms with Gasteiger partial charge >= 0.3 is 0 Å². The van der Waals surface area contributed by atoms with Crippen LogP contribution in [0.15, 0.2) is 36.5 Å². The van der Waals surface area contributed by atoms with Gasteiger partial charge in [-0.25, -0.2) is 4.98 Å². The van der Waals surface area contributed by atoms with E-state index in [0.717, 1.165) is 5.56 Å². The van der Waals surface area contributed by atoms with Crippen LogP contribution in [-0.2, 0) is 4.79 Å². The van der Waals surface area contributed by atoms with Crippen molar-refractivity contribution >= 4 is 34.8 Å². The first-order valence-corrected chi connectivity index (χ1v) is 6.65. The van der Waals surface area contributed by atoms with Gasteiger partial charge in [0.1, 0.15) is 5.15 Å². The molecule has 21 heavy (non-hydrogen) atoms. The minimum atomic E-state index is -0.290. The standard InChI is InChI=1S/C15H14ClN3O2/c1-9-12(18-10(2)20)4-3-5-13(9)19-15(21)11-6-7-14(16)17-8-11/h3-8H,1-2H3,(H,18,20)(H,19,21). The van der Waals surface area contributed by atoms with E-state index in [1.165, 1.54) is 13.1 Å². The Morgan fingerprint density at radius 2 is 1.76 bits per heavy atom. The first-order chi connectivity index (χ1) is 9.97. The second kappa shape index (κ2) is 6.37. The zero-order valence-corrected chi connectivity index (χ0v) is 12.4. The predicted octanol–water partition coefficient (Wildman–Crippen LogP) is 3.25. The van der Waals surface area contributed by atoms with E-state index in [-0.39, 0.29) is 11.8 Å². The van der Waals surface area contributed by atoms with Gasteiger partial charge in [-0.05, 0) is 36.8 Å². The molecule has 0 atom stereocenters. The molecule has 0 saturated heterocycles. The number of hydrogen-bond acceptors (Lipinski definition) is 3. The summed E-state index contributed by atoms with van der Waals surface area (Å²) in [5.41, 5.74) is 2.47. The van der Waals surface area contributed by atoms with E-state index < -0.39 is 0 Å². The number of aromatic nitrogens is 1. The Balaban J connectivity index is 2.21. The second-order valence-corrected chi connectivity index (χ2v) is 4.87. The Morgan fingerprint density at radius 3 is 2.33 bits per heavy atom.